The predicted molar refractivity (Wildman–Crippen MR) is 102 cm³/mol. The Hall–Kier alpha value is -3.16. The quantitative estimate of drug-likeness (QED) is 0.212. The Morgan fingerprint density at radius 3 is 2.57 bits per heavy atom. The summed E-state index contributed by atoms with van der Waals surface area (Å²) in [6.07, 6.45) is -2.02. The second kappa shape index (κ2) is 9.56. The number of anilines is 2. The highest BCUT2D eigenvalue weighted by atomic mass is 32.2. The van der Waals surface area contributed by atoms with Crippen molar-refractivity contribution in [2.75, 3.05) is 30.0 Å². The van der Waals surface area contributed by atoms with Gasteiger partial charge in [0.2, 0.25) is 11.6 Å². The molecule has 0 atom stereocenters. The third-order valence-electron chi connectivity index (χ3n) is 3.65. The molecule has 0 saturated carbocycles. The lowest BCUT2D eigenvalue weighted by Crippen LogP contribution is -2.32. The van der Waals surface area contributed by atoms with E-state index in [0.717, 1.165) is 30.1 Å². The van der Waals surface area contributed by atoms with Crippen molar-refractivity contribution >= 4 is 35.1 Å². The first kappa shape index (κ1) is 23.1. The molecule has 0 radical (unpaired) electrons. The number of hydrogen-bond donors (Lipinski definition) is 1. The van der Waals surface area contributed by atoms with E-state index in [1.807, 2.05) is 0 Å². The second-order valence-electron chi connectivity index (χ2n) is 5.74. The number of nitrogens with zero attached hydrogens (tertiary/aromatic N) is 5. The van der Waals surface area contributed by atoms with Crippen molar-refractivity contribution in [2.24, 2.45) is 0 Å². The smallest absolute Gasteiger partial charge is 0.433 e. The van der Waals surface area contributed by atoms with Gasteiger partial charge in [-0.1, -0.05) is 17.8 Å². The van der Waals surface area contributed by atoms with Crippen molar-refractivity contribution in [1.82, 2.24) is 15.0 Å². The highest BCUT2D eigenvalue weighted by molar-refractivity contribution is 7.98. The van der Waals surface area contributed by atoms with Crippen LogP contribution in [0.1, 0.15) is 18.2 Å². The van der Waals surface area contributed by atoms with Gasteiger partial charge < -0.3 is 15.4 Å². The van der Waals surface area contributed by atoms with E-state index in [9.17, 15) is 28.1 Å². The molecule has 2 N–H and O–H groups in total. The van der Waals surface area contributed by atoms with Gasteiger partial charge in [-0.25, -0.2) is 0 Å². The van der Waals surface area contributed by atoms with Crippen molar-refractivity contribution < 1.29 is 27.6 Å². The summed E-state index contributed by atoms with van der Waals surface area (Å²) in [5, 5.41) is 11.6. The maximum absolute atomic E-state index is 12.7. The van der Waals surface area contributed by atoms with Gasteiger partial charge in [-0.05, 0) is 24.8 Å². The van der Waals surface area contributed by atoms with Crippen molar-refractivity contribution in [3.63, 3.8) is 0 Å². The first-order chi connectivity index (χ1) is 14.1. The summed E-state index contributed by atoms with van der Waals surface area (Å²) in [6, 6.07) is 1.92. The minimum atomic E-state index is -4.61. The zero-order valence-corrected chi connectivity index (χ0v) is 16.7. The van der Waals surface area contributed by atoms with Gasteiger partial charge in [-0.2, -0.15) is 23.1 Å². The van der Waals surface area contributed by atoms with E-state index in [2.05, 4.69) is 15.0 Å². The molecular formula is C16H17F3N6O4S. The van der Waals surface area contributed by atoms with Crippen molar-refractivity contribution in [3.8, 4) is 0 Å². The number of halogens is 3. The Morgan fingerprint density at radius 1 is 1.37 bits per heavy atom. The summed E-state index contributed by atoms with van der Waals surface area (Å²) in [6.45, 7) is 0.979. The minimum Gasteiger partial charge on any atom is -0.465 e. The Morgan fingerprint density at radius 2 is 2.07 bits per heavy atom. The number of esters is 1. The maximum Gasteiger partial charge on any atom is 0.433 e. The molecule has 30 heavy (non-hydrogen) atoms. The molecule has 0 aliphatic heterocycles. The first-order valence-electron chi connectivity index (χ1n) is 8.35. The van der Waals surface area contributed by atoms with Gasteiger partial charge in [-0.15, -0.1) is 0 Å². The van der Waals surface area contributed by atoms with E-state index in [0.29, 0.717) is 0 Å². The molecule has 0 aliphatic carbocycles. The number of alkyl halides is 3. The molecule has 0 bridgehead atoms. The summed E-state index contributed by atoms with van der Waals surface area (Å²) in [5.74, 6) is -1.38. The lowest BCUT2D eigenvalue weighted by Gasteiger charge is -2.23. The van der Waals surface area contributed by atoms with Gasteiger partial charge in [0.25, 0.3) is 0 Å². The number of nitrogen functional groups attached to an aromatic ring is 1. The van der Waals surface area contributed by atoms with Crippen LogP contribution in [0.4, 0.5) is 30.5 Å². The standard InChI is InChI=1S/C16H17F3N6O4S/c1-3-29-11(26)8-24(7-9-4-5-10(21-6-9)16(17,18)19)14-12(25(27)28)13(20)22-15(23-14)30-2/h4-6H,3,7-8H2,1-2H3,(H2,20,22,23). The van der Waals surface area contributed by atoms with Gasteiger partial charge in [0.1, 0.15) is 12.2 Å². The Balaban J connectivity index is 2.49. The predicted octanol–water partition coefficient (Wildman–Crippen LogP) is 2.67. The number of carbonyl (C=O) groups is 1. The molecular weight excluding hydrogens is 429 g/mol. The number of ether oxygens (including phenoxy) is 1. The zero-order valence-electron chi connectivity index (χ0n) is 15.8. The van der Waals surface area contributed by atoms with Gasteiger partial charge in [0, 0.05) is 12.7 Å². The number of carbonyl (C=O) groups excluding carboxylic acids is 1. The molecule has 162 valence electrons. The molecule has 0 fully saturated rings. The average molecular weight is 446 g/mol. The van der Waals surface area contributed by atoms with Crippen molar-refractivity contribution in [3.05, 3.63) is 39.7 Å². The van der Waals surface area contributed by atoms with E-state index < -0.39 is 40.8 Å². The van der Waals surface area contributed by atoms with E-state index in [4.69, 9.17) is 10.5 Å². The third kappa shape index (κ3) is 5.68. The lowest BCUT2D eigenvalue weighted by atomic mass is 10.2. The molecule has 0 aromatic carbocycles. The van der Waals surface area contributed by atoms with Crippen LogP contribution in [0.3, 0.4) is 0 Å². The molecule has 0 amide bonds. The highest BCUT2D eigenvalue weighted by Crippen LogP contribution is 2.34. The van der Waals surface area contributed by atoms with Crippen LogP contribution in [0.5, 0.6) is 0 Å². The largest absolute Gasteiger partial charge is 0.465 e. The average Bonchev–Trinajstić information content (AvgIpc) is 2.66. The van der Waals surface area contributed by atoms with Gasteiger partial charge in [-0.3, -0.25) is 19.9 Å². The van der Waals surface area contributed by atoms with E-state index in [-0.39, 0.29) is 29.7 Å². The first-order valence-corrected chi connectivity index (χ1v) is 9.57. The fraction of sp³-hybridized carbons (Fsp3) is 0.375. The van der Waals surface area contributed by atoms with Crippen LogP contribution < -0.4 is 10.6 Å². The Labute approximate surface area is 172 Å². The monoisotopic (exact) mass is 446 g/mol. The number of hydrogen-bond acceptors (Lipinski definition) is 10. The van der Waals surface area contributed by atoms with Crippen LogP contribution in [0, 0.1) is 10.1 Å². The molecule has 14 heteroatoms. The van der Waals surface area contributed by atoms with Crippen molar-refractivity contribution in [1.29, 1.82) is 0 Å². The van der Waals surface area contributed by atoms with Gasteiger partial charge in [0.05, 0.1) is 11.5 Å². The molecule has 2 aromatic rings. The number of nitro groups is 1. The van der Waals surface area contributed by atoms with Gasteiger partial charge in [0.15, 0.2) is 5.16 Å². The highest BCUT2D eigenvalue weighted by Gasteiger charge is 2.33. The Kier molecular flexibility index (Phi) is 7.37. The molecule has 10 nitrogen and oxygen atoms in total. The van der Waals surface area contributed by atoms with Crippen molar-refractivity contribution in [2.45, 2.75) is 24.8 Å². The zero-order chi connectivity index (χ0) is 22.5. The summed E-state index contributed by atoms with van der Waals surface area (Å²) in [7, 11) is 0. The lowest BCUT2D eigenvalue weighted by molar-refractivity contribution is -0.383. The molecule has 2 heterocycles. The summed E-state index contributed by atoms with van der Waals surface area (Å²) < 4.78 is 43.1. The topological polar surface area (TPSA) is 137 Å². The summed E-state index contributed by atoms with van der Waals surface area (Å²) in [4.78, 5) is 35.2. The van der Waals surface area contributed by atoms with E-state index >= 15 is 0 Å². The molecule has 2 rings (SSSR count). The van der Waals surface area contributed by atoms with Crippen LogP contribution >= 0.6 is 11.8 Å². The maximum atomic E-state index is 12.7. The second-order valence-corrected chi connectivity index (χ2v) is 6.51. The number of thioether (sulfide) groups is 1. The number of aromatic nitrogens is 3. The summed E-state index contributed by atoms with van der Waals surface area (Å²) in [5.41, 5.74) is 4.23. The number of pyridine rings is 1. The number of nitrogens with two attached hydrogens (primary N) is 1. The number of rotatable bonds is 8. The van der Waals surface area contributed by atoms with Crippen LogP contribution in [-0.4, -0.2) is 45.3 Å². The SMILES string of the molecule is CCOC(=O)CN(Cc1ccc(C(F)(F)F)nc1)c1nc(SC)nc(N)c1[N+](=O)[O-]. The van der Waals surface area contributed by atoms with Crippen LogP contribution in [0.15, 0.2) is 23.5 Å². The van der Waals surface area contributed by atoms with E-state index in [1.54, 1.807) is 13.2 Å². The molecule has 0 unspecified atom stereocenters. The normalized spacial score (nSPS) is 11.2. The molecule has 0 saturated heterocycles. The Bertz CT molecular complexity index is 926. The fourth-order valence-electron chi connectivity index (χ4n) is 2.40. The van der Waals surface area contributed by atoms with Crippen LogP contribution in [0.2, 0.25) is 0 Å². The van der Waals surface area contributed by atoms with Crippen LogP contribution in [-0.2, 0) is 22.3 Å². The summed E-state index contributed by atoms with van der Waals surface area (Å²) >= 11 is 1.07. The minimum absolute atomic E-state index is 0.0680. The van der Waals surface area contributed by atoms with E-state index in [1.165, 1.54) is 4.90 Å². The molecule has 2 aromatic heterocycles. The molecule has 0 aliphatic rings. The third-order valence-corrected chi connectivity index (χ3v) is 4.20. The molecule has 0 spiro atoms. The van der Waals surface area contributed by atoms with Crippen LogP contribution in [0.25, 0.3) is 0 Å². The van der Waals surface area contributed by atoms with Gasteiger partial charge >= 0.3 is 17.8 Å². The fourth-order valence-corrected chi connectivity index (χ4v) is 2.77.